The van der Waals surface area contributed by atoms with Crippen molar-refractivity contribution >= 4 is 5.91 Å². The van der Waals surface area contributed by atoms with E-state index in [1.807, 2.05) is 0 Å². The molecule has 4 heteroatoms. The monoisotopic (exact) mass is 267 g/mol. The van der Waals surface area contributed by atoms with E-state index in [2.05, 4.69) is 23.6 Å². The molecular formula is C15H29N3O. The van der Waals surface area contributed by atoms with Crippen LogP contribution in [0.4, 0.5) is 0 Å². The number of carbonyl (C=O) groups is 1. The molecule has 1 aliphatic carbocycles. The van der Waals surface area contributed by atoms with E-state index in [-0.39, 0.29) is 5.92 Å². The molecule has 1 amide bonds. The van der Waals surface area contributed by atoms with Crippen molar-refractivity contribution in [1.29, 1.82) is 0 Å². The standard InChI is InChI=1S/C15H29N3O/c1-3-17-7-9-18(10-8-17)15(19)12(2)13-5-4-6-14(16)11-13/h12-14H,3-11,16H2,1-2H3. The summed E-state index contributed by atoms with van der Waals surface area (Å²) in [6, 6.07) is 0.311. The van der Waals surface area contributed by atoms with E-state index in [0.29, 0.717) is 17.9 Å². The van der Waals surface area contributed by atoms with Crippen molar-refractivity contribution in [1.82, 2.24) is 9.80 Å². The molecular weight excluding hydrogens is 238 g/mol. The second-order valence-electron chi connectivity index (χ2n) is 6.23. The fourth-order valence-corrected chi connectivity index (χ4v) is 3.50. The molecule has 2 N–H and O–H groups in total. The topological polar surface area (TPSA) is 49.6 Å². The summed E-state index contributed by atoms with van der Waals surface area (Å²) in [6.45, 7) is 9.24. The molecule has 0 aromatic carbocycles. The van der Waals surface area contributed by atoms with Crippen LogP contribution in [0.2, 0.25) is 0 Å². The highest BCUT2D eigenvalue weighted by atomic mass is 16.2. The number of likely N-dealkylation sites (N-methyl/N-ethyl adjacent to an activating group) is 1. The Kier molecular flexibility index (Phi) is 5.22. The zero-order chi connectivity index (χ0) is 13.8. The van der Waals surface area contributed by atoms with Gasteiger partial charge in [-0.1, -0.05) is 20.3 Å². The van der Waals surface area contributed by atoms with Crippen molar-refractivity contribution in [2.45, 2.75) is 45.6 Å². The molecule has 19 heavy (non-hydrogen) atoms. The molecule has 1 saturated heterocycles. The minimum atomic E-state index is 0.152. The van der Waals surface area contributed by atoms with Gasteiger partial charge >= 0.3 is 0 Å². The van der Waals surface area contributed by atoms with Gasteiger partial charge in [-0.25, -0.2) is 0 Å². The predicted molar refractivity (Wildman–Crippen MR) is 77.8 cm³/mol. The van der Waals surface area contributed by atoms with E-state index < -0.39 is 0 Å². The number of carbonyl (C=O) groups excluding carboxylic acids is 1. The van der Waals surface area contributed by atoms with Crippen molar-refractivity contribution in [3.05, 3.63) is 0 Å². The molecule has 0 bridgehead atoms. The van der Waals surface area contributed by atoms with Crippen LogP contribution in [0, 0.1) is 11.8 Å². The van der Waals surface area contributed by atoms with Gasteiger partial charge in [-0.2, -0.15) is 0 Å². The summed E-state index contributed by atoms with van der Waals surface area (Å²) in [5.41, 5.74) is 6.05. The average Bonchev–Trinajstić information content (AvgIpc) is 2.46. The molecule has 1 saturated carbocycles. The van der Waals surface area contributed by atoms with Crippen LogP contribution in [-0.2, 0) is 4.79 Å². The van der Waals surface area contributed by atoms with E-state index in [4.69, 9.17) is 5.73 Å². The largest absolute Gasteiger partial charge is 0.340 e. The van der Waals surface area contributed by atoms with Crippen LogP contribution in [0.15, 0.2) is 0 Å². The lowest BCUT2D eigenvalue weighted by Crippen LogP contribution is -2.51. The Morgan fingerprint density at radius 3 is 2.53 bits per heavy atom. The van der Waals surface area contributed by atoms with Crippen LogP contribution in [0.3, 0.4) is 0 Å². The van der Waals surface area contributed by atoms with Crippen LogP contribution >= 0.6 is 0 Å². The Balaban J connectivity index is 1.85. The first-order valence-corrected chi connectivity index (χ1v) is 7.88. The molecule has 3 unspecified atom stereocenters. The van der Waals surface area contributed by atoms with E-state index >= 15 is 0 Å². The normalized spacial score (nSPS) is 31.2. The number of hydrogen-bond acceptors (Lipinski definition) is 3. The molecule has 2 fully saturated rings. The maximum absolute atomic E-state index is 12.6. The minimum absolute atomic E-state index is 0.152. The molecule has 0 aromatic rings. The number of amides is 1. The van der Waals surface area contributed by atoms with E-state index in [9.17, 15) is 4.79 Å². The summed E-state index contributed by atoms with van der Waals surface area (Å²) in [4.78, 5) is 17.0. The Bertz CT molecular complexity index is 300. The van der Waals surface area contributed by atoms with Crippen molar-refractivity contribution < 1.29 is 4.79 Å². The van der Waals surface area contributed by atoms with Crippen molar-refractivity contribution in [3.63, 3.8) is 0 Å². The van der Waals surface area contributed by atoms with Gasteiger partial charge in [-0.05, 0) is 31.7 Å². The summed E-state index contributed by atoms with van der Waals surface area (Å²) in [7, 11) is 0. The molecule has 4 nitrogen and oxygen atoms in total. The van der Waals surface area contributed by atoms with E-state index in [0.717, 1.165) is 45.6 Å². The highest BCUT2D eigenvalue weighted by Crippen LogP contribution is 2.30. The van der Waals surface area contributed by atoms with Crippen LogP contribution in [0.25, 0.3) is 0 Å². The van der Waals surface area contributed by atoms with Crippen molar-refractivity contribution in [3.8, 4) is 0 Å². The Hall–Kier alpha value is -0.610. The number of hydrogen-bond donors (Lipinski definition) is 1. The molecule has 0 radical (unpaired) electrons. The first-order valence-electron chi connectivity index (χ1n) is 7.88. The van der Waals surface area contributed by atoms with Crippen molar-refractivity contribution in [2.75, 3.05) is 32.7 Å². The second-order valence-corrected chi connectivity index (χ2v) is 6.23. The van der Waals surface area contributed by atoms with Gasteiger partial charge in [0.05, 0.1) is 0 Å². The highest BCUT2D eigenvalue weighted by Gasteiger charge is 2.32. The van der Waals surface area contributed by atoms with Gasteiger partial charge < -0.3 is 15.5 Å². The third-order valence-corrected chi connectivity index (χ3v) is 4.98. The third-order valence-electron chi connectivity index (χ3n) is 4.98. The van der Waals surface area contributed by atoms with Gasteiger partial charge in [0.1, 0.15) is 0 Å². The fourth-order valence-electron chi connectivity index (χ4n) is 3.50. The quantitative estimate of drug-likeness (QED) is 0.838. The lowest BCUT2D eigenvalue weighted by molar-refractivity contribution is -0.139. The van der Waals surface area contributed by atoms with Gasteiger partial charge in [0.2, 0.25) is 5.91 Å². The summed E-state index contributed by atoms with van der Waals surface area (Å²) in [6.07, 6.45) is 4.52. The highest BCUT2D eigenvalue weighted by molar-refractivity contribution is 5.79. The Labute approximate surface area is 117 Å². The SMILES string of the molecule is CCN1CCN(C(=O)C(C)C2CCCC(N)C2)CC1. The Morgan fingerprint density at radius 1 is 1.26 bits per heavy atom. The van der Waals surface area contributed by atoms with Gasteiger partial charge in [-0.3, -0.25) is 4.79 Å². The molecule has 3 atom stereocenters. The number of nitrogens with zero attached hydrogens (tertiary/aromatic N) is 2. The van der Waals surface area contributed by atoms with Gasteiger partial charge in [0.25, 0.3) is 0 Å². The minimum Gasteiger partial charge on any atom is -0.340 e. The molecule has 0 spiro atoms. The summed E-state index contributed by atoms with van der Waals surface area (Å²) >= 11 is 0. The number of piperazine rings is 1. The first kappa shape index (κ1) is 14.8. The zero-order valence-corrected chi connectivity index (χ0v) is 12.5. The predicted octanol–water partition coefficient (Wildman–Crippen LogP) is 1.30. The number of nitrogens with two attached hydrogens (primary N) is 1. The molecule has 2 rings (SSSR count). The molecule has 1 heterocycles. The van der Waals surface area contributed by atoms with Gasteiger partial charge in [-0.15, -0.1) is 0 Å². The van der Waals surface area contributed by atoms with Gasteiger partial charge in [0, 0.05) is 38.1 Å². The maximum Gasteiger partial charge on any atom is 0.225 e. The van der Waals surface area contributed by atoms with Crippen molar-refractivity contribution in [2.24, 2.45) is 17.6 Å². The van der Waals surface area contributed by atoms with Gasteiger partial charge in [0.15, 0.2) is 0 Å². The van der Waals surface area contributed by atoms with Crippen LogP contribution in [0.1, 0.15) is 39.5 Å². The second kappa shape index (κ2) is 6.71. The van der Waals surface area contributed by atoms with Crippen LogP contribution < -0.4 is 5.73 Å². The Morgan fingerprint density at radius 2 is 1.95 bits per heavy atom. The molecule has 110 valence electrons. The lowest BCUT2D eigenvalue weighted by Gasteiger charge is -2.38. The average molecular weight is 267 g/mol. The zero-order valence-electron chi connectivity index (χ0n) is 12.5. The summed E-state index contributed by atoms with van der Waals surface area (Å²) in [5.74, 6) is 1.01. The summed E-state index contributed by atoms with van der Waals surface area (Å²) < 4.78 is 0. The summed E-state index contributed by atoms with van der Waals surface area (Å²) in [5, 5.41) is 0. The first-order chi connectivity index (χ1) is 9.11. The maximum atomic E-state index is 12.6. The molecule has 0 aromatic heterocycles. The third kappa shape index (κ3) is 3.69. The van der Waals surface area contributed by atoms with E-state index in [1.54, 1.807) is 0 Å². The lowest BCUT2D eigenvalue weighted by atomic mass is 9.78. The van der Waals surface area contributed by atoms with Crippen LogP contribution in [0.5, 0.6) is 0 Å². The smallest absolute Gasteiger partial charge is 0.225 e. The molecule has 1 aliphatic heterocycles. The fraction of sp³-hybridized carbons (Fsp3) is 0.933. The number of rotatable bonds is 3. The van der Waals surface area contributed by atoms with Crippen LogP contribution in [-0.4, -0.2) is 54.5 Å². The molecule has 2 aliphatic rings. The van der Waals surface area contributed by atoms with E-state index in [1.165, 1.54) is 12.8 Å².